The van der Waals surface area contributed by atoms with Crippen LogP contribution < -0.4 is 11.1 Å². The lowest BCUT2D eigenvalue weighted by Gasteiger charge is -2.20. The second kappa shape index (κ2) is 7.00. The summed E-state index contributed by atoms with van der Waals surface area (Å²) in [7, 11) is 0. The first-order valence-electron chi connectivity index (χ1n) is 7.22. The molecular weight excluding hydrogens is 290 g/mol. The second-order valence-corrected chi connectivity index (χ2v) is 6.54. The molecule has 1 aromatic heterocycles. The number of nitrogens with two attached hydrogens (primary N) is 1. The van der Waals surface area contributed by atoms with E-state index in [2.05, 4.69) is 10.3 Å². The van der Waals surface area contributed by atoms with Crippen LogP contribution in [0.3, 0.4) is 0 Å². The maximum absolute atomic E-state index is 12.2. The normalized spacial score (nSPS) is 22.6. The number of carbonyl (C=O) groups excluding carboxylic acids is 1. The molecule has 0 aliphatic heterocycles. The first kappa shape index (κ1) is 15.9. The van der Waals surface area contributed by atoms with Crippen LogP contribution in [-0.2, 0) is 11.3 Å². The molecule has 116 valence electrons. The van der Waals surface area contributed by atoms with Crippen LogP contribution in [0, 0.1) is 12.8 Å². The van der Waals surface area contributed by atoms with Gasteiger partial charge in [-0.1, -0.05) is 19.3 Å². The van der Waals surface area contributed by atoms with Crippen LogP contribution in [0.5, 0.6) is 0 Å². The molecule has 1 aromatic rings. The number of carboxylic acid groups (broad SMARTS) is 1. The van der Waals surface area contributed by atoms with Gasteiger partial charge in [0.05, 0.1) is 18.2 Å². The number of aromatic nitrogens is 1. The highest BCUT2D eigenvalue weighted by atomic mass is 32.1. The van der Waals surface area contributed by atoms with Crippen LogP contribution in [0.4, 0.5) is 0 Å². The molecule has 0 bridgehead atoms. The van der Waals surface area contributed by atoms with Crippen molar-refractivity contribution in [3.05, 3.63) is 15.6 Å². The van der Waals surface area contributed by atoms with Crippen LogP contribution in [0.15, 0.2) is 0 Å². The van der Waals surface area contributed by atoms with Gasteiger partial charge in [0.1, 0.15) is 9.88 Å². The van der Waals surface area contributed by atoms with Gasteiger partial charge in [-0.05, 0) is 19.8 Å². The fourth-order valence-electron chi connectivity index (χ4n) is 2.68. The lowest BCUT2D eigenvalue weighted by Crippen LogP contribution is -2.41. The minimum absolute atomic E-state index is 0.0471. The Hall–Kier alpha value is -1.47. The summed E-state index contributed by atoms with van der Waals surface area (Å²) in [6.07, 6.45) is 4.96. The van der Waals surface area contributed by atoms with Crippen molar-refractivity contribution in [1.29, 1.82) is 0 Å². The van der Waals surface area contributed by atoms with E-state index in [9.17, 15) is 9.59 Å². The van der Waals surface area contributed by atoms with Crippen molar-refractivity contribution >= 4 is 23.2 Å². The van der Waals surface area contributed by atoms with Gasteiger partial charge in [0.25, 0.3) is 0 Å². The summed E-state index contributed by atoms with van der Waals surface area (Å²) in [5.41, 5.74) is 6.55. The zero-order valence-corrected chi connectivity index (χ0v) is 12.9. The smallest absolute Gasteiger partial charge is 0.347 e. The summed E-state index contributed by atoms with van der Waals surface area (Å²) in [4.78, 5) is 27.6. The van der Waals surface area contributed by atoms with E-state index in [0.29, 0.717) is 10.7 Å². The highest BCUT2D eigenvalue weighted by molar-refractivity contribution is 7.13. The van der Waals surface area contributed by atoms with E-state index >= 15 is 0 Å². The van der Waals surface area contributed by atoms with Crippen LogP contribution >= 0.6 is 11.3 Å². The quantitative estimate of drug-likeness (QED) is 0.734. The number of rotatable bonds is 4. The molecule has 4 N–H and O–H groups in total. The first-order chi connectivity index (χ1) is 9.99. The van der Waals surface area contributed by atoms with Gasteiger partial charge in [0.2, 0.25) is 5.91 Å². The van der Waals surface area contributed by atoms with Gasteiger partial charge >= 0.3 is 5.97 Å². The first-order valence-corrected chi connectivity index (χ1v) is 8.03. The van der Waals surface area contributed by atoms with Crippen LogP contribution in [-0.4, -0.2) is 28.0 Å². The third-order valence-electron chi connectivity index (χ3n) is 3.86. The van der Waals surface area contributed by atoms with Crippen molar-refractivity contribution in [3.8, 4) is 0 Å². The van der Waals surface area contributed by atoms with Gasteiger partial charge in [-0.3, -0.25) is 4.79 Å². The number of carboxylic acids is 1. The molecule has 7 heteroatoms. The van der Waals surface area contributed by atoms with Crippen molar-refractivity contribution in [1.82, 2.24) is 10.3 Å². The molecule has 1 fully saturated rings. The van der Waals surface area contributed by atoms with Crippen LogP contribution in [0.2, 0.25) is 0 Å². The van der Waals surface area contributed by atoms with Gasteiger partial charge in [-0.15, -0.1) is 11.3 Å². The lowest BCUT2D eigenvalue weighted by molar-refractivity contribution is -0.126. The minimum atomic E-state index is -0.978. The maximum atomic E-state index is 12.2. The summed E-state index contributed by atoms with van der Waals surface area (Å²) in [6, 6.07) is -0.0832. The Morgan fingerprint density at radius 1 is 1.38 bits per heavy atom. The number of hydrogen-bond donors (Lipinski definition) is 3. The Balaban J connectivity index is 1.94. The summed E-state index contributed by atoms with van der Waals surface area (Å²) in [5.74, 6) is -1.17. The van der Waals surface area contributed by atoms with E-state index in [1.54, 1.807) is 6.92 Å². The fraction of sp³-hybridized carbons (Fsp3) is 0.643. The average Bonchev–Trinajstić information content (AvgIpc) is 2.67. The largest absolute Gasteiger partial charge is 0.477 e. The van der Waals surface area contributed by atoms with Gasteiger partial charge in [-0.25, -0.2) is 9.78 Å². The summed E-state index contributed by atoms with van der Waals surface area (Å²) in [5, 5.41) is 12.4. The molecule has 2 rings (SSSR count). The van der Waals surface area contributed by atoms with E-state index in [1.165, 1.54) is 0 Å². The summed E-state index contributed by atoms with van der Waals surface area (Å²) < 4.78 is 0. The molecule has 0 spiro atoms. The highest BCUT2D eigenvalue weighted by Gasteiger charge is 2.27. The van der Waals surface area contributed by atoms with Crippen molar-refractivity contribution in [2.45, 2.75) is 51.6 Å². The van der Waals surface area contributed by atoms with Gasteiger partial charge in [0, 0.05) is 6.04 Å². The molecule has 2 atom stereocenters. The second-order valence-electron chi connectivity index (χ2n) is 5.45. The predicted molar refractivity (Wildman–Crippen MR) is 80.2 cm³/mol. The molecule has 1 aliphatic carbocycles. The molecule has 1 heterocycles. The van der Waals surface area contributed by atoms with Crippen molar-refractivity contribution in [2.75, 3.05) is 0 Å². The van der Waals surface area contributed by atoms with Gasteiger partial charge < -0.3 is 16.2 Å². The third-order valence-corrected chi connectivity index (χ3v) is 5.00. The highest BCUT2D eigenvalue weighted by Crippen LogP contribution is 2.23. The maximum Gasteiger partial charge on any atom is 0.347 e. The zero-order valence-electron chi connectivity index (χ0n) is 12.1. The van der Waals surface area contributed by atoms with E-state index in [1.807, 2.05) is 0 Å². The number of hydrogen-bond acceptors (Lipinski definition) is 5. The molecule has 1 saturated carbocycles. The predicted octanol–water partition coefficient (Wildman–Crippen LogP) is 1.67. The van der Waals surface area contributed by atoms with Crippen molar-refractivity contribution in [3.63, 3.8) is 0 Å². The molecule has 0 aromatic carbocycles. The summed E-state index contributed by atoms with van der Waals surface area (Å²) in [6.45, 7) is 1.92. The van der Waals surface area contributed by atoms with Crippen molar-refractivity contribution in [2.24, 2.45) is 11.7 Å². The lowest BCUT2D eigenvalue weighted by atomic mass is 9.95. The number of carbonyl (C=O) groups is 2. The molecule has 6 nitrogen and oxygen atoms in total. The van der Waals surface area contributed by atoms with Gasteiger partial charge in [0.15, 0.2) is 0 Å². The molecular formula is C14H21N3O3S. The minimum Gasteiger partial charge on any atom is -0.477 e. The molecule has 2 unspecified atom stereocenters. The van der Waals surface area contributed by atoms with E-state index < -0.39 is 5.97 Å². The monoisotopic (exact) mass is 311 g/mol. The molecule has 0 saturated heterocycles. The van der Waals surface area contributed by atoms with Gasteiger partial charge in [-0.2, -0.15) is 0 Å². The van der Waals surface area contributed by atoms with E-state index in [0.717, 1.165) is 43.4 Å². The standard InChI is InChI=1S/C14H21N3O3S/c1-8-12(14(19)20)21-11(17-8)7-16-13(18)9-5-3-2-4-6-10(9)15/h9-10H,2-7,15H2,1H3,(H,16,18)(H,19,20). The Kier molecular flexibility index (Phi) is 5.30. The summed E-state index contributed by atoms with van der Waals surface area (Å²) >= 11 is 1.10. The Bertz CT molecular complexity index is 530. The van der Waals surface area contributed by atoms with Crippen molar-refractivity contribution < 1.29 is 14.7 Å². The van der Waals surface area contributed by atoms with Crippen LogP contribution in [0.1, 0.15) is 52.5 Å². The molecule has 1 amide bonds. The number of thiazole rings is 1. The number of amides is 1. The SMILES string of the molecule is Cc1nc(CNC(=O)C2CCCCCC2N)sc1C(=O)O. The fourth-order valence-corrected chi connectivity index (χ4v) is 3.53. The Morgan fingerprint density at radius 3 is 2.76 bits per heavy atom. The Morgan fingerprint density at radius 2 is 2.10 bits per heavy atom. The van der Waals surface area contributed by atoms with E-state index in [-0.39, 0.29) is 29.3 Å². The third kappa shape index (κ3) is 4.01. The average molecular weight is 311 g/mol. The van der Waals surface area contributed by atoms with Crippen LogP contribution in [0.25, 0.3) is 0 Å². The Labute approximate surface area is 127 Å². The molecule has 21 heavy (non-hydrogen) atoms. The number of aromatic carboxylic acids is 1. The topological polar surface area (TPSA) is 105 Å². The zero-order chi connectivity index (χ0) is 15.4. The molecule has 1 aliphatic rings. The number of nitrogens with zero attached hydrogens (tertiary/aromatic N) is 1. The number of aryl methyl sites for hydroxylation is 1. The van der Waals surface area contributed by atoms with E-state index in [4.69, 9.17) is 10.8 Å². The number of nitrogens with one attached hydrogen (secondary N) is 1. The molecule has 0 radical (unpaired) electrons.